The molecule has 1 heterocycles. The maximum absolute atomic E-state index is 11.5. The molecule has 0 aliphatic carbocycles. The summed E-state index contributed by atoms with van der Waals surface area (Å²) in [5.41, 5.74) is 12.3. The molecule has 0 amide bonds. The molecular formula is C10H13N4O2P. The van der Waals surface area contributed by atoms with Crippen molar-refractivity contribution < 1.29 is 9.46 Å². The van der Waals surface area contributed by atoms with E-state index in [0.717, 1.165) is 10.2 Å². The van der Waals surface area contributed by atoms with E-state index in [9.17, 15) is 9.46 Å². The molecule has 0 bridgehead atoms. The van der Waals surface area contributed by atoms with Gasteiger partial charge in [-0.25, -0.2) is 15.1 Å². The summed E-state index contributed by atoms with van der Waals surface area (Å²) in [6.45, 7) is 0. The molecule has 0 saturated heterocycles. The topological polar surface area (TPSA) is 105 Å². The first-order valence-corrected chi connectivity index (χ1v) is 6.62. The molecule has 2 rings (SSSR count). The largest absolute Gasteiger partial charge is 0.399 e. The van der Waals surface area contributed by atoms with E-state index >= 15 is 0 Å². The van der Waals surface area contributed by atoms with Gasteiger partial charge in [0.25, 0.3) is 0 Å². The molecular weight excluding hydrogens is 239 g/mol. The third kappa shape index (κ3) is 2.55. The molecule has 0 aromatic heterocycles. The normalized spacial score (nSPS) is 22.5. The minimum atomic E-state index is -3.87. The molecule has 5 N–H and O–H groups in total. The molecule has 17 heavy (non-hydrogen) atoms. The fraction of sp³-hybridized carbons (Fsp3) is 0.100. The first kappa shape index (κ1) is 11.9. The number of hydrogen-bond acceptors (Lipinski definition) is 3. The van der Waals surface area contributed by atoms with Crippen molar-refractivity contribution in [1.29, 1.82) is 0 Å². The van der Waals surface area contributed by atoms with E-state index in [1.165, 1.54) is 6.34 Å². The third-order valence-electron chi connectivity index (χ3n) is 2.43. The highest BCUT2D eigenvalue weighted by Gasteiger charge is 2.29. The molecule has 1 aliphatic rings. The zero-order chi connectivity index (χ0) is 12.5. The zero-order valence-electron chi connectivity index (χ0n) is 8.97. The number of benzene rings is 1. The summed E-state index contributed by atoms with van der Waals surface area (Å²) in [6.07, 6.45) is 4.52. The lowest BCUT2D eigenvalue weighted by molar-refractivity contribution is 0.398. The number of rotatable bonds is 2. The van der Waals surface area contributed by atoms with Crippen LogP contribution in [0.2, 0.25) is 0 Å². The van der Waals surface area contributed by atoms with Crippen LogP contribution >= 0.6 is 7.67 Å². The van der Waals surface area contributed by atoms with E-state index in [1.54, 1.807) is 36.5 Å². The van der Waals surface area contributed by atoms with Crippen LogP contribution in [0.5, 0.6) is 0 Å². The van der Waals surface area contributed by atoms with E-state index < -0.39 is 13.7 Å². The monoisotopic (exact) mass is 252 g/mol. The fourth-order valence-electron chi connectivity index (χ4n) is 1.61. The number of nitrogens with two attached hydrogens (primary N) is 2. The summed E-state index contributed by atoms with van der Waals surface area (Å²) in [5.74, 6) is 0. The maximum Gasteiger partial charge on any atom is 0.364 e. The number of anilines is 1. The van der Waals surface area contributed by atoms with Crippen molar-refractivity contribution in [2.45, 2.75) is 6.04 Å². The van der Waals surface area contributed by atoms with E-state index in [2.05, 4.69) is 4.99 Å². The highest BCUT2D eigenvalue weighted by molar-refractivity contribution is 7.53. The molecule has 90 valence electrons. The van der Waals surface area contributed by atoms with Gasteiger partial charge in [0, 0.05) is 11.9 Å². The Kier molecular flexibility index (Phi) is 3.02. The Morgan fingerprint density at radius 2 is 2.00 bits per heavy atom. The number of nitrogen functional groups attached to an aromatic ring is 1. The molecule has 0 saturated carbocycles. The second-order valence-corrected chi connectivity index (χ2v) is 5.33. The summed E-state index contributed by atoms with van der Waals surface area (Å²) in [5, 5.41) is 0. The van der Waals surface area contributed by atoms with Crippen LogP contribution in [0.4, 0.5) is 5.69 Å². The average molecular weight is 252 g/mol. The smallest absolute Gasteiger partial charge is 0.364 e. The lowest BCUT2D eigenvalue weighted by Crippen LogP contribution is -2.28. The van der Waals surface area contributed by atoms with E-state index in [0.29, 0.717) is 5.69 Å². The van der Waals surface area contributed by atoms with Gasteiger partial charge in [-0.3, -0.25) is 4.67 Å². The summed E-state index contributed by atoms with van der Waals surface area (Å²) >= 11 is 0. The lowest BCUT2D eigenvalue weighted by atomic mass is 10.1. The molecule has 1 aromatic rings. The summed E-state index contributed by atoms with van der Waals surface area (Å²) < 4.78 is 12.7. The van der Waals surface area contributed by atoms with E-state index in [-0.39, 0.29) is 0 Å². The van der Waals surface area contributed by atoms with Crippen molar-refractivity contribution in [3.8, 4) is 0 Å². The van der Waals surface area contributed by atoms with Crippen LogP contribution < -0.4 is 11.2 Å². The minimum Gasteiger partial charge on any atom is -0.399 e. The Labute approximate surface area is 98.8 Å². The average Bonchev–Trinajstić information content (AvgIpc) is 2.29. The summed E-state index contributed by atoms with van der Waals surface area (Å²) in [6, 6.07) is 6.62. The van der Waals surface area contributed by atoms with Gasteiger partial charge in [0.05, 0.1) is 12.4 Å². The van der Waals surface area contributed by atoms with Crippen molar-refractivity contribution >= 4 is 19.7 Å². The molecule has 7 heteroatoms. The first-order valence-electron chi connectivity index (χ1n) is 4.94. The van der Waals surface area contributed by atoms with Crippen molar-refractivity contribution in [1.82, 2.24) is 4.67 Å². The quantitative estimate of drug-likeness (QED) is 0.542. The second kappa shape index (κ2) is 4.33. The Bertz CT molecular complexity index is 506. The van der Waals surface area contributed by atoms with Gasteiger partial charge >= 0.3 is 7.67 Å². The van der Waals surface area contributed by atoms with Gasteiger partial charge in [-0.05, 0) is 23.8 Å². The minimum absolute atomic E-state index is 0.408. The van der Waals surface area contributed by atoms with Gasteiger partial charge in [-0.2, -0.15) is 0 Å². The second-order valence-electron chi connectivity index (χ2n) is 3.69. The van der Waals surface area contributed by atoms with E-state index in [1.807, 2.05) is 0 Å². The standard InChI is InChI=1S/C10H13N4O2P/c11-9-3-1-8(2-4-9)10-5-6-13-7-14(10)17(12,15)16/h1-7,10H,11H2,(H3,12,15,16). The highest BCUT2D eigenvalue weighted by Crippen LogP contribution is 2.43. The fourth-order valence-corrected chi connectivity index (χ4v) is 2.38. The Balaban J connectivity index is 2.36. The van der Waals surface area contributed by atoms with Crippen LogP contribution in [0.3, 0.4) is 0 Å². The van der Waals surface area contributed by atoms with Crippen LogP contribution in [-0.4, -0.2) is 15.9 Å². The molecule has 6 nitrogen and oxygen atoms in total. The van der Waals surface area contributed by atoms with Crippen molar-refractivity contribution in [2.75, 3.05) is 5.73 Å². The van der Waals surface area contributed by atoms with Crippen molar-refractivity contribution in [3.63, 3.8) is 0 Å². The van der Waals surface area contributed by atoms with Crippen LogP contribution in [-0.2, 0) is 4.57 Å². The van der Waals surface area contributed by atoms with Crippen molar-refractivity contribution in [2.24, 2.45) is 10.5 Å². The molecule has 1 aliphatic heterocycles. The van der Waals surface area contributed by atoms with Gasteiger partial charge in [-0.15, -0.1) is 0 Å². The molecule has 2 unspecified atom stereocenters. The van der Waals surface area contributed by atoms with Crippen LogP contribution in [0.1, 0.15) is 11.6 Å². The number of nitrogens with zero attached hydrogens (tertiary/aromatic N) is 2. The summed E-state index contributed by atoms with van der Waals surface area (Å²) in [4.78, 5) is 13.2. The molecule has 0 fully saturated rings. The lowest BCUT2D eigenvalue weighted by Gasteiger charge is -2.30. The first-order chi connectivity index (χ1) is 7.98. The number of aliphatic imine (C=N–C) groups is 1. The Morgan fingerprint density at radius 1 is 1.35 bits per heavy atom. The number of hydrogen-bond donors (Lipinski definition) is 3. The van der Waals surface area contributed by atoms with Gasteiger partial charge in [0.1, 0.15) is 0 Å². The molecule has 1 aromatic carbocycles. The van der Waals surface area contributed by atoms with Gasteiger partial charge in [-0.1, -0.05) is 12.1 Å². The van der Waals surface area contributed by atoms with Gasteiger partial charge in [0.2, 0.25) is 0 Å². The molecule has 0 spiro atoms. The zero-order valence-corrected chi connectivity index (χ0v) is 9.87. The van der Waals surface area contributed by atoms with E-state index in [4.69, 9.17) is 11.2 Å². The molecule has 2 atom stereocenters. The predicted molar refractivity (Wildman–Crippen MR) is 67.1 cm³/mol. The van der Waals surface area contributed by atoms with Crippen LogP contribution in [0.15, 0.2) is 41.5 Å². The van der Waals surface area contributed by atoms with Crippen LogP contribution in [0, 0.1) is 0 Å². The van der Waals surface area contributed by atoms with Gasteiger partial charge < -0.3 is 10.6 Å². The maximum atomic E-state index is 11.5. The Hall–Kier alpha value is -1.62. The predicted octanol–water partition coefficient (Wildman–Crippen LogP) is 1.23. The third-order valence-corrected chi connectivity index (χ3v) is 3.45. The van der Waals surface area contributed by atoms with Crippen molar-refractivity contribution in [3.05, 3.63) is 42.1 Å². The highest BCUT2D eigenvalue weighted by atomic mass is 31.2. The SMILES string of the molecule is Nc1ccc(C2C=CN=CN2P(N)(=O)O)cc1. The Morgan fingerprint density at radius 3 is 2.59 bits per heavy atom. The molecule has 0 radical (unpaired) electrons. The van der Waals surface area contributed by atoms with Crippen LogP contribution in [0.25, 0.3) is 0 Å². The summed E-state index contributed by atoms with van der Waals surface area (Å²) in [7, 11) is -3.87. The van der Waals surface area contributed by atoms with Gasteiger partial charge in [0.15, 0.2) is 0 Å².